The fourth-order valence-corrected chi connectivity index (χ4v) is 1.13. The van der Waals surface area contributed by atoms with Gasteiger partial charge in [-0.2, -0.15) is 5.26 Å². The number of carbonyl (C=O) groups excluding carboxylic acids is 1. The van der Waals surface area contributed by atoms with Gasteiger partial charge in [0.2, 0.25) is 0 Å². The third kappa shape index (κ3) is 2.85. The second-order valence-corrected chi connectivity index (χ2v) is 3.39. The first-order valence-electron chi connectivity index (χ1n) is 4.72. The number of carbonyl (C=O) groups is 1. The van der Waals surface area contributed by atoms with Crippen molar-refractivity contribution in [2.24, 2.45) is 0 Å². The minimum atomic E-state index is -0.605. The number of rotatable bonds is 2. The Hall–Kier alpha value is -2.28. The summed E-state index contributed by atoms with van der Waals surface area (Å²) in [6.45, 7) is 3.23. The molecule has 0 saturated carbocycles. The largest absolute Gasteiger partial charge is 0.511 e. The minimum absolute atomic E-state index is 0.277. The Balaban J connectivity index is 2.84. The summed E-state index contributed by atoms with van der Waals surface area (Å²) in [5, 5.41) is 20.3. The molecule has 16 heavy (non-hydrogen) atoms. The minimum Gasteiger partial charge on any atom is -0.511 e. The van der Waals surface area contributed by atoms with Crippen molar-refractivity contribution in [2.45, 2.75) is 13.8 Å². The number of nitrogens with zero attached hydrogens (tertiary/aromatic N) is 1. The van der Waals surface area contributed by atoms with Crippen LogP contribution in [0.2, 0.25) is 0 Å². The van der Waals surface area contributed by atoms with Gasteiger partial charge in [-0.3, -0.25) is 4.79 Å². The number of allylic oxidation sites excluding steroid dienone is 1. The van der Waals surface area contributed by atoms with Gasteiger partial charge >= 0.3 is 0 Å². The van der Waals surface area contributed by atoms with Crippen molar-refractivity contribution in [3.63, 3.8) is 0 Å². The highest BCUT2D eigenvalue weighted by Gasteiger charge is 2.12. The van der Waals surface area contributed by atoms with E-state index in [1.54, 1.807) is 18.2 Å². The number of amides is 1. The smallest absolute Gasteiger partial charge is 0.269 e. The summed E-state index contributed by atoms with van der Waals surface area (Å²) < 4.78 is 0. The summed E-state index contributed by atoms with van der Waals surface area (Å²) in [5.41, 5.74) is 1.39. The van der Waals surface area contributed by atoms with E-state index in [2.05, 4.69) is 5.32 Å². The molecule has 1 aromatic rings. The summed E-state index contributed by atoms with van der Waals surface area (Å²) >= 11 is 0. The molecule has 0 fully saturated rings. The van der Waals surface area contributed by atoms with E-state index in [4.69, 9.17) is 10.4 Å². The lowest BCUT2D eigenvalue weighted by Crippen LogP contribution is -2.14. The molecule has 4 heteroatoms. The molecule has 0 aliphatic rings. The number of aliphatic hydroxyl groups excluding tert-OH is 1. The number of anilines is 1. The van der Waals surface area contributed by atoms with Crippen LogP contribution in [0.25, 0.3) is 0 Å². The Labute approximate surface area is 93.8 Å². The third-order valence-electron chi connectivity index (χ3n) is 2.01. The van der Waals surface area contributed by atoms with E-state index >= 15 is 0 Å². The summed E-state index contributed by atoms with van der Waals surface area (Å²) in [6.07, 6.45) is 0. The molecular formula is C12H12N2O2. The Morgan fingerprint density at radius 3 is 2.38 bits per heavy atom. The number of nitriles is 1. The van der Waals surface area contributed by atoms with E-state index in [1.807, 2.05) is 19.1 Å². The van der Waals surface area contributed by atoms with Crippen LogP contribution in [0.3, 0.4) is 0 Å². The maximum Gasteiger partial charge on any atom is 0.269 e. The molecule has 0 saturated heterocycles. The van der Waals surface area contributed by atoms with Crippen LogP contribution in [-0.2, 0) is 4.79 Å². The first-order chi connectivity index (χ1) is 7.54. The molecule has 0 radical (unpaired) electrons. The van der Waals surface area contributed by atoms with Gasteiger partial charge in [0, 0.05) is 5.69 Å². The van der Waals surface area contributed by atoms with E-state index in [1.165, 1.54) is 6.92 Å². The maximum absolute atomic E-state index is 11.5. The SMILES string of the molecule is C/C(O)=C(\C#N)C(=O)Nc1ccc(C)cc1. The summed E-state index contributed by atoms with van der Waals surface area (Å²) in [4.78, 5) is 11.5. The molecule has 0 bridgehead atoms. The molecular weight excluding hydrogens is 204 g/mol. The molecule has 1 rings (SSSR count). The molecule has 0 aliphatic carbocycles. The lowest BCUT2D eigenvalue weighted by atomic mass is 10.2. The van der Waals surface area contributed by atoms with Gasteiger partial charge in [0.15, 0.2) is 5.57 Å². The van der Waals surface area contributed by atoms with Gasteiger partial charge < -0.3 is 10.4 Å². The molecule has 2 N–H and O–H groups in total. The fourth-order valence-electron chi connectivity index (χ4n) is 1.13. The van der Waals surface area contributed by atoms with Crippen LogP contribution >= 0.6 is 0 Å². The lowest BCUT2D eigenvalue weighted by Gasteiger charge is -2.04. The van der Waals surface area contributed by atoms with Crippen LogP contribution in [0, 0.1) is 18.3 Å². The Morgan fingerprint density at radius 1 is 1.38 bits per heavy atom. The van der Waals surface area contributed by atoms with Crippen LogP contribution in [0.1, 0.15) is 12.5 Å². The van der Waals surface area contributed by atoms with E-state index in [0.29, 0.717) is 5.69 Å². The van der Waals surface area contributed by atoms with Crippen molar-refractivity contribution in [1.29, 1.82) is 5.26 Å². The fraction of sp³-hybridized carbons (Fsp3) is 0.167. The van der Waals surface area contributed by atoms with Gasteiger partial charge in [-0.15, -0.1) is 0 Å². The normalized spacial score (nSPS) is 11.3. The highest BCUT2D eigenvalue weighted by Crippen LogP contribution is 2.10. The number of nitrogens with one attached hydrogen (secondary N) is 1. The van der Waals surface area contributed by atoms with Crippen LogP contribution in [0.15, 0.2) is 35.6 Å². The molecule has 1 aromatic carbocycles. The van der Waals surface area contributed by atoms with Crippen molar-refractivity contribution in [2.75, 3.05) is 5.32 Å². The zero-order valence-electron chi connectivity index (χ0n) is 9.11. The van der Waals surface area contributed by atoms with Gasteiger partial charge in [-0.05, 0) is 26.0 Å². The summed E-state index contributed by atoms with van der Waals surface area (Å²) in [5.74, 6) is -0.890. The number of aliphatic hydroxyl groups is 1. The number of aryl methyl sites for hydroxylation is 1. The van der Waals surface area contributed by atoms with Gasteiger partial charge in [-0.25, -0.2) is 0 Å². The molecule has 0 atom stereocenters. The molecule has 0 spiro atoms. The van der Waals surface area contributed by atoms with E-state index in [-0.39, 0.29) is 11.3 Å². The number of hydrogen-bond donors (Lipinski definition) is 2. The molecule has 0 aromatic heterocycles. The summed E-state index contributed by atoms with van der Waals surface area (Å²) in [6, 6.07) is 8.80. The molecule has 0 heterocycles. The van der Waals surface area contributed by atoms with E-state index in [9.17, 15) is 4.79 Å². The summed E-state index contributed by atoms with van der Waals surface area (Å²) in [7, 11) is 0. The molecule has 0 aliphatic heterocycles. The first-order valence-corrected chi connectivity index (χ1v) is 4.72. The third-order valence-corrected chi connectivity index (χ3v) is 2.01. The van der Waals surface area contributed by atoms with Gasteiger partial charge in [0.1, 0.15) is 11.8 Å². The van der Waals surface area contributed by atoms with E-state index < -0.39 is 5.91 Å². The highest BCUT2D eigenvalue weighted by atomic mass is 16.3. The van der Waals surface area contributed by atoms with E-state index in [0.717, 1.165) is 5.56 Å². The average molecular weight is 216 g/mol. The van der Waals surface area contributed by atoms with Crippen LogP contribution in [0.5, 0.6) is 0 Å². The second-order valence-electron chi connectivity index (χ2n) is 3.39. The van der Waals surface area contributed by atoms with Crippen molar-refractivity contribution >= 4 is 11.6 Å². The Bertz CT molecular complexity index is 463. The van der Waals surface area contributed by atoms with Crippen molar-refractivity contribution < 1.29 is 9.90 Å². The quantitative estimate of drug-likeness (QED) is 0.452. The van der Waals surface area contributed by atoms with Crippen molar-refractivity contribution in [1.82, 2.24) is 0 Å². The number of hydrogen-bond acceptors (Lipinski definition) is 3. The van der Waals surface area contributed by atoms with Crippen LogP contribution < -0.4 is 5.32 Å². The predicted molar refractivity (Wildman–Crippen MR) is 60.8 cm³/mol. The first kappa shape index (κ1) is 11.8. The topological polar surface area (TPSA) is 73.1 Å². The zero-order valence-corrected chi connectivity index (χ0v) is 9.11. The predicted octanol–water partition coefficient (Wildman–Crippen LogP) is 2.29. The molecule has 4 nitrogen and oxygen atoms in total. The molecule has 1 amide bonds. The van der Waals surface area contributed by atoms with Crippen LogP contribution in [-0.4, -0.2) is 11.0 Å². The maximum atomic E-state index is 11.5. The van der Waals surface area contributed by atoms with Crippen molar-refractivity contribution in [3.05, 3.63) is 41.2 Å². The average Bonchev–Trinajstić information content (AvgIpc) is 2.22. The van der Waals surface area contributed by atoms with Gasteiger partial charge in [-0.1, -0.05) is 17.7 Å². The zero-order chi connectivity index (χ0) is 12.1. The monoisotopic (exact) mass is 216 g/mol. The van der Waals surface area contributed by atoms with Gasteiger partial charge in [0.05, 0.1) is 0 Å². The number of benzene rings is 1. The standard InChI is InChI=1S/C12H12N2O2/c1-8-3-5-10(6-4-8)14-12(16)11(7-13)9(2)15/h3-6,15H,1-2H3,(H,14,16)/b11-9-. The second kappa shape index (κ2) is 4.99. The van der Waals surface area contributed by atoms with Gasteiger partial charge in [0.25, 0.3) is 5.91 Å². The molecule has 82 valence electrons. The Kier molecular flexibility index (Phi) is 3.67. The highest BCUT2D eigenvalue weighted by molar-refractivity contribution is 6.06. The lowest BCUT2D eigenvalue weighted by molar-refractivity contribution is -0.112. The Morgan fingerprint density at radius 2 is 1.94 bits per heavy atom. The van der Waals surface area contributed by atoms with Crippen LogP contribution in [0.4, 0.5) is 5.69 Å². The molecule has 0 unspecified atom stereocenters. The van der Waals surface area contributed by atoms with Crippen molar-refractivity contribution in [3.8, 4) is 6.07 Å².